The maximum atomic E-state index is 12.8. The number of carbonyl (C=O) groups is 3. The van der Waals surface area contributed by atoms with Crippen LogP contribution in [0.1, 0.15) is 252 Å². The molecule has 0 N–H and O–H groups in total. The number of carbonyl (C=O) groups excluding carboxylic acids is 3. The van der Waals surface area contributed by atoms with Crippen molar-refractivity contribution in [2.75, 3.05) is 13.2 Å². The fourth-order valence-electron chi connectivity index (χ4n) is 7.56. The van der Waals surface area contributed by atoms with E-state index < -0.39 is 6.10 Å². The van der Waals surface area contributed by atoms with Gasteiger partial charge in [0.1, 0.15) is 13.2 Å². The fourth-order valence-corrected chi connectivity index (χ4v) is 7.56. The van der Waals surface area contributed by atoms with Gasteiger partial charge in [-0.2, -0.15) is 0 Å². The molecule has 0 aliphatic heterocycles. The van der Waals surface area contributed by atoms with Gasteiger partial charge in [-0.3, -0.25) is 14.4 Å². The standard InChI is InChI=1S/C63H104O6/c1-4-7-10-13-16-19-21-23-24-25-26-27-28-29-30-31-32-33-34-35-36-37-38-40-41-44-47-50-53-56-62(65)68-59-60(58-67-61(64)55-52-49-46-43-18-15-12-9-6-3)69-63(66)57-54-51-48-45-42-39-22-20-17-14-11-8-5-2/h7,10,16,19,23-24,26-27,29-30,32-33,35-36,38,40,44,47,60H,4-6,8-9,11-15,17-18,20-22,25,28,31,34,37,39,41-43,45-46,48-59H2,1-3H3/b10-7-,19-16-,24-23-,27-26-,30-29-,33-32-,36-35-,40-38-,47-44-. The van der Waals surface area contributed by atoms with E-state index >= 15 is 0 Å². The lowest BCUT2D eigenvalue weighted by Gasteiger charge is -2.18. The van der Waals surface area contributed by atoms with Crippen LogP contribution in [-0.4, -0.2) is 37.2 Å². The smallest absolute Gasteiger partial charge is 0.306 e. The van der Waals surface area contributed by atoms with E-state index in [4.69, 9.17) is 14.2 Å². The van der Waals surface area contributed by atoms with E-state index in [9.17, 15) is 14.4 Å². The van der Waals surface area contributed by atoms with Crippen molar-refractivity contribution in [2.45, 2.75) is 258 Å². The first-order valence-electron chi connectivity index (χ1n) is 28.4. The topological polar surface area (TPSA) is 78.9 Å². The molecule has 0 spiro atoms. The van der Waals surface area contributed by atoms with E-state index in [-0.39, 0.29) is 37.5 Å². The average molecular weight is 958 g/mol. The highest BCUT2D eigenvalue weighted by molar-refractivity contribution is 5.71. The Balaban J connectivity index is 4.34. The number of ether oxygens (including phenoxy) is 3. The van der Waals surface area contributed by atoms with Crippen molar-refractivity contribution in [2.24, 2.45) is 0 Å². The van der Waals surface area contributed by atoms with E-state index in [1.54, 1.807) is 0 Å². The molecule has 1 unspecified atom stereocenters. The Morgan fingerprint density at radius 3 is 0.884 bits per heavy atom. The number of hydrogen-bond acceptors (Lipinski definition) is 6. The summed E-state index contributed by atoms with van der Waals surface area (Å²) < 4.78 is 16.7. The molecule has 0 heterocycles. The van der Waals surface area contributed by atoms with Crippen molar-refractivity contribution >= 4 is 17.9 Å². The molecule has 0 rings (SSSR count). The molecular weight excluding hydrogens is 853 g/mol. The van der Waals surface area contributed by atoms with Gasteiger partial charge in [-0.05, 0) is 83.5 Å². The van der Waals surface area contributed by atoms with Crippen molar-refractivity contribution < 1.29 is 28.6 Å². The Labute approximate surface area is 425 Å². The molecule has 6 nitrogen and oxygen atoms in total. The molecule has 392 valence electrons. The van der Waals surface area contributed by atoms with Crippen LogP contribution in [0.5, 0.6) is 0 Å². The first-order valence-corrected chi connectivity index (χ1v) is 28.4. The molecule has 0 aromatic carbocycles. The first-order chi connectivity index (χ1) is 34.0. The minimum Gasteiger partial charge on any atom is -0.462 e. The molecular formula is C63H104O6. The largest absolute Gasteiger partial charge is 0.462 e. The number of allylic oxidation sites excluding steroid dienone is 18. The van der Waals surface area contributed by atoms with E-state index in [1.807, 2.05) is 0 Å². The van der Waals surface area contributed by atoms with Gasteiger partial charge >= 0.3 is 17.9 Å². The third-order valence-corrected chi connectivity index (χ3v) is 11.8. The normalized spacial score (nSPS) is 12.9. The van der Waals surface area contributed by atoms with Crippen LogP contribution in [0.25, 0.3) is 0 Å². The highest BCUT2D eigenvalue weighted by atomic mass is 16.6. The highest BCUT2D eigenvalue weighted by Gasteiger charge is 2.19. The SMILES string of the molecule is CC/C=C\C/C=C\C/C=C\C/C=C\C/C=C\C/C=C\C/C=C\C/C=C\C/C=C\CCCC(=O)OCC(COC(=O)CCCCCCCCCCC)OC(=O)CCCCCCCCCCCCCCC. The van der Waals surface area contributed by atoms with Crippen molar-refractivity contribution in [3.63, 3.8) is 0 Å². The van der Waals surface area contributed by atoms with E-state index in [0.29, 0.717) is 19.3 Å². The summed E-state index contributed by atoms with van der Waals surface area (Å²) in [6.07, 6.45) is 76.7. The Kier molecular flexibility index (Phi) is 53.4. The van der Waals surface area contributed by atoms with Crippen LogP contribution >= 0.6 is 0 Å². The Morgan fingerprint density at radius 2 is 0.565 bits per heavy atom. The molecule has 0 aliphatic rings. The molecule has 0 amide bonds. The molecule has 0 aromatic heterocycles. The van der Waals surface area contributed by atoms with Gasteiger partial charge in [0.25, 0.3) is 0 Å². The zero-order valence-corrected chi connectivity index (χ0v) is 44.8. The number of rotatable bonds is 50. The molecule has 0 bridgehead atoms. The second kappa shape index (κ2) is 56.7. The van der Waals surface area contributed by atoms with Gasteiger partial charge in [0.2, 0.25) is 0 Å². The van der Waals surface area contributed by atoms with E-state index in [1.165, 1.54) is 103 Å². The minimum atomic E-state index is -0.798. The maximum Gasteiger partial charge on any atom is 0.306 e. The van der Waals surface area contributed by atoms with Crippen molar-refractivity contribution in [1.82, 2.24) is 0 Å². The Morgan fingerprint density at radius 1 is 0.304 bits per heavy atom. The zero-order chi connectivity index (χ0) is 50.0. The van der Waals surface area contributed by atoms with Crippen molar-refractivity contribution in [3.05, 3.63) is 109 Å². The third-order valence-electron chi connectivity index (χ3n) is 11.8. The molecule has 0 radical (unpaired) electrons. The van der Waals surface area contributed by atoms with Gasteiger partial charge in [-0.25, -0.2) is 0 Å². The lowest BCUT2D eigenvalue weighted by molar-refractivity contribution is -0.167. The number of unbranched alkanes of at least 4 members (excludes halogenated alkanes) is 21. The summed E-state index contributed by atoms with van der Waals surface area (Å²) in [5.74, 6) is -0.959. The molecule has 6 heteroatoms. The van der Waals surface area contributed by atoms with Gasteiger partial charge in [0, 0.05) is 19.3 Å². The van der Waals surface area contributed by atoms with Crippen LogP contribution in [0.4, 0.5) is 0 Å². The monoisotopic (exact) mass is 957 g/mol. The quantitative estimate of drug-likeness (QED) is 0.0262. The molecule has 0 saturated heterocycles. The van der Waals surface area contributed by atoms with Crippen LogP contribution in [0.15, 0.2) is 109 Å². The predicted molar refractivity (Wildman–Crippen MR) is 297 cm³/mol. The molecule has 0 saturated carbocycles. The van der Waals surface area contributed by atoms with Gasteiger partial charge in [-0.15, -0.1) is 0 Å². The summed E-state index contributed by atoms with van der Waals surface area (Å²) in [6, 6.07) is 0. The Bertz CT molecular complexity index is 1420. The van der Waals surface area contributed by atoms with Gasteiger partial charge in [-0.1, -0.05) is 259 Å². The summed E-state index contributed by atoms with van der Waals surface area (Å²) in [7, 11) is 0. The molecule has 0 fully saturated rings. The lowest BCUT2D eigenvalue weighted by Crippen LogP contribution is -2.30. The van der Waals surface area contributed by atoms with E-state index in [2.05, 4.69) is 130 Å². The fraction of sp³-hybridized carbons (Fsp3) is 0.667. The summed E-state index contributed by atoms with van der Waals surface area (Å²) in [5, 5.41) is 0. The average Bonchev–Trinajstić information content (AvgIpc) is 3.35. The maximum absolute atomic E-state index is 12.8. The second-order valence-corrected chi connectivity index (χ2v) is 18.5. The van der Waals surface area contributed by atoms with E-state index in [0.717, 1.165) is 103 Å². The molecule has 0 aliphatic carbocycles. The highest BCUT2D eigenvalue weighted by Crippen LogP contribution is 2.15. The van der Waals surface area contributed by atoms with Crippen LogP contribution < -0.4 is 0 Å². The molecule has 69 heavy (non-hydrogen) atoms. The van der Waals surface area contributed by atoms with Crippen LogP contribution in [0, 0.1) is 0 Å². The Hall–Kier alpha value is -3.93. The lowest BCUT2D eigenvalue weighted by atomic mass is 10.0. The molecule has 0 aromatic rings. The van der Waals surface area contributed by atoms with Crippen LogP contribution in [-0.2, 0) is 28.6 Å². The number of esters is 3. The third kappa shape index (κ3) is 54.9. The summed E-state index contributed by atoms with van der Waals surface area (Å²) in [4.78, 5) is 37.9. The first kappa shape index (κ1) is 65.1. The zero-order valence-electron chi connectivity index (χ0n) is 44.8. The van der Waals surface area contributed by atoms with Gasteiger partial charge < -0.3 is 14.2 Å². The minimum absolute atomic E-state index is 0.0938. The predicted octanol–water partition coefficient (Wildman–Crippen LogP) is 19.1. The summed E-state index contributed by atoms with van der Waals surface area (Å²) in [5.41, 5.74) is 0. The van der Waals surface area contributed by atoms with Crippen LogP contribution in [0.3, 0.4) is 0 Å². The van der Waals surface area contributed by atoms with Gasteiger partial charge in [0.15, 0.2) is 6.10 Å². The van der Waals surface area contributed by atoms with Crippen molar-refractivity contribution in [1.29, 1.82) is 0 Å². The number of hydrogen-bond donors (Lipinski definition) is 0. The summed E-state index contributed by atoms with van der Waals surface area (Å²) in [6.45, 7) is 6.45. The molecule has 1 atom stereocenters. The second-order valence-electron chi connectivity index (χ2n) is 18.5. The van der Waals surface area contributed by atoms with Crippen molar-refractivity contribution in [3.8, 4) is 0 Å². The van der Waals surface area contributed by atoms with Crippen LogP contribution in [0.2, 0.25) is 0 Å². The summed E-state index contributed by atoms with van der Waals surface area (Å²) >= 11 is 0. The van der Waals surface area contributed by atoms with Gasteiger partial charge in [0.05, 0.1) is 0 Å².